The average molecular weight is 274 g/mol. The van der Waals surface area contributed by atoms with Gasteiger partial charge in [0.25, 0.3) is 0 Å². The van der Waals surface area contributed by atoms with Crippen molar-refractivity contribution in [1.29, 1.82) is 0 Å². The number of nitrogens with one attached hydrogen (secondary N) is 1. The van der Waals surface area contributed by atoms with E-state index in [0.29, 0.717) is 5.92 Å². The summed E-state index contributed by atoms with van der Waals surface area (Å²) in [6, 6.07) is 1.99. The Kier molecular flexibility index (Phi) is 3.54. The number of nitrogens with zero attached hydrogens (tertiary/aromatic N) is 3. The largest absolute Gasteiger partial charge is 0.481 e. The number of piperidine rings is 1. The average Bonchev–Trinajstić information content (AvgIpc) is 2.93. The molecule has 106 valence electrons. The van der Waals surface area contributed by atoms with E-state index in [0.717, 1.165) is 49.2 Å². The van der Waals surface area contributed by atoms with Crippen molar-refractivity contribution in [3.8, 4) is 0 Å². The van der Waals surface area contributed by atoms with Gasteiger partial charge in [0.1, 0.15) is 17.8 Å². The molecule has 1 atom stereocenters. The molecule has 3 rings (SSSR count). The van der Waals surface area contributed by atoms with E-state index in [-0.39, 0.29) is 6.42 Å². The highest BCUT2D eigenvalue weighted by Crippen LogP contribution is 2.28. The van der Waals surface area contributed by atoms with Gasteiger partial charge in [0.2, 0.25) is 0 Å². The minimum atomic E-state index is -0.711. The van der Waals surface area contributed by atoms with Crippen LogP contribution in [0.2, 0.25) is 0 Å². The molecule has 6 heteroatoms. The number of fused-ring (bicyclic) bond motifs is 1. The van der Waals surface area contributed by atoms with Gasteiger partial charge in [-0.25, -0.2) is 9.97 Å². The fourth-order valence-corrected chi connectivity index (χ4v) is 2.93. The van der Waals surface area contributed by atoms with Crippen molar-refractivity contribution >= 4 is 22.8 Å². The second-order valence-corrected chi connectivity index (χ2v) is 5.32. The van der Waals surface area contributed by atoms with Crippen LogP contribution < -0.4 is 4.90 Å². The fraction of sp³-hybridized carbons (Fsp3) is 0.500. The number of carbonyl (C=O) groups is 1. The zero-order chi connectivity index (χ0) is 13.9. The summed E-state index contributed by atoms with van der Waals surface area (Å²) in [7, 11) is 0. The van der Waals surface area contributed by atoms with Crippen LogP contribution in [-0.4, -0.2) is 39.1 Å². The van der Waals surface area contributed by atoms with Crippen molar-refractivity contribution in [2.45, 2.75) is 25.7 Å². The predicted octanol–water partition coefficient (Wildman–Crippen LogP) is 2.04. The maximum Gasteiger partial charge on any atom is 0.303 e. The standard InChI is InChI=1S/C14H18N4O2/c19-12(20)4-3-10-2-1-7-18(8-10)14-11-5-6-15-13(11)16-9-17-14/h5-6,9-10H,1-4,7-8H2,(H,19,20)(H,15,16,17)/t10-/m1/s1. The van der Waals surface area contributed by atoms with E-state index in [1.165, 1.54) is 0 Å². The number of rotatable bonds is 4. The number of aliphatic carboxylic acids is 1. The summed E-state index contributed by atoms with van der Waals surface area (Å²) in [5.74, 6) is 0.678. The first-order valence-corrected chi connectivity index (χ1v) is 6.99. The molecule has 0 spiro atoms. The second kappa shape index (κ2) is 5.48. The van der Waals surface area contributed by atoms with Crippen LogP contribution in [-0.2, 0) is 4.79 Å². The molecule has 0 amide bonds. The number of carboxylic acids is 1. The lowest BCUT2D eigenvalue weighted by Gasteiger charge is -2.33. The molecule has 3 heterocycles. The lowest BCUT2D eigenvalue weighted by atomic mass is 9.93. The van der Waals surface area contributed by atoms with Crippen LogP contribution in [0.3, 0.4) is 0 Å². The van der Waals surface area contributed by atoms with Gasteiger partial charge >= 0.3 is 5.97 Å². The van der Waals surface area contributed by atoms with Crippen LogP contribution in [0.5, 0.6) is 0 Å². The van der Waals surface area contributed by atoms with Crippen molar-refractivity contribution < 1.29 is 9.90 Å². The van der Waals surface area contributed by atoms with Gasteiger partial charge in [-0.1, -0.05) is 0 Å². The van der Waals surface area contributed by atoms with Crippen molar-refractivity contribution in [2.75, 3.05) is 18.0 Å². The molecule has 2 aromatic heterocycles. The molecule has 0 bridgehead atoms. The van der Waals surface area contributed by atoms with E-state index >= 15 is 0 Å². The molecule has 0 aromatic carbocycles. The molecule has 2 N–H and O–H groups in total. The Morgan fingerprint density at radius 2 is 2.40 bits per heavy atom. The van der Waals surface area contributed by atoms with E-state index in [4.69, 9.17) is 5.11 Å². The Bertz CT molecular complexity index is 610. The number of aromatic amines is 1. The van der Waals surface area contributed by atoms with Gasteiger partial charge in [-0.3, -0.25) is 4.79 Å². The Hall–Kier alpha value is -2.11. The molecule has 1 aliphatic heterocycles. The van der Waals surface area contributed by atoms with Crippen LogP contribution in [0.15, 0.2) is 18.6 Å². The molecule has 6 nitrogen and oxygen atoms in total. The van der Waals surface area contributed by atoms with Crippen LogP contribution in [0.25, 0.3) is 11.0 Å². The lowest BCUT2D eigenvalue weighted by molar-refractivity contribution is -0.137. The molecule has 1 aliphatic rings. The van der Waals surface area contributed by atoms with Gasteiger partial charge in [0, 0.05) is 25.7 Å². The van der Waals surface area contributed by atoms with Gasteiger partial charge in [-0.2, -0.15) is 0 Å². The van der Waals surface area contributed by atoms with Crippen molar-refractivity contribution in [3.05, 3.63) is 18.6 Å². The van der Waals surface area contributed by atoms with Gasteiger partial charge in [0.05, 0.1) is 5.39 Å². The molecule has 1 saturated heterocycles. The maximum atomic E-state index is 10.7. The number of carboxylic acid groups (broad SMARTS) is 1. The van der Waals surface area contributed by atoms with Gasteiger partial charge in [0.15, 0.2) is 0 Å². The molecule has 1 fully saturated rings. The first-order chi connectivity index (χ1) is 9.74. The summed E-state index contributed by atoms with van der Waals surface area (Å²) in [6.07, 6.45) is 6.63. The topological polar surface area (TPSA) is 82.1 Å². The minimum Gasteiger partial charge on any atom is -0.481 e. The van der Waals surface area contributed by atoms with Crippen LogP contribution in [0, 0.1) is 5.92 Å². The monoisotopic (exact) mass is 274 g/mol. The number of H-pyrrole nitrogens is 1. The molecule has 0 saturated carbocycles. The van der Waals surface area contributed by atoms with Crippen LogP contribution in [0.1, 0.15) is 25.7 Å². The Morgan fingerprint density at radius 1 is 1.50 bits per heavy atom. The van der Waals surface area contributed by atoms with Crippen molar-refractivity contribution in [1.82, 2.24) is 15.0 Å². The molecule has 0 aliphatic carbocycles. The molecule has 2 aromatic rings. The first kappa shape index (κ1) is 12.9. The van der Waals surface area contributed by atoms with E-state index in [1.54, 1.807) is 6.33 Å². The maximum absolute atomic E-state index is 10.7. The minimum absolute atomic E-state index is 0.252. The molecular weight excluding hydrogens is 256 g/mol. The normalized spacial score (nSPS) is 19.4. The summed E-state index contributed by atoms with van der Waals surface area (Å²) in [5.41, 5.74) is 0.850. The Balaban J connectivity index is 1.76. The predicted molar refractivity (Wildman–Crippen MR) is 75.7 cm³/mol. The Morgan fingerprint density at radius 3 is 3.25 bits per heavy atom. The van der Waals surface area contributed by atoms with Gasteiger partial charge < -0.3 is 15.0 Å². The zero-order valence-corrected chi connectivity index (χ0v) is 11.2. The summed E-state index contributed by atoms with van der Waals surface area (Å²) in [6.45, 7) is 1.85. The van der Waals surface area contributed by atoms with Crippen LogP contribution in [0.4, 0.5) is 5.82 Å². The molecule has 0 unspecified atom stereocenters. The zero-order valence-electron chi connectivity index (χ0n) is 11.2. The smallest absolute Gasteiger partial charge is 0.303 e. The third-order valence-electron chi connectivity index (χ3n) is 3.92. The number of hydrogen-bond acceptors (Lipinski definition) is 4. The number of hydrogen-bond donors (Lipinski definition) is 2. The molecular formula is C14H18N4O2. The lowest BCUT2D eigenvalue weighted by Crippen LogP contribution is -2.36. The van der Waals surface area contributed by atoms with E-state index in [2.05, 4.69) is 19.9 Å². The first-order valence-electron chi connectivity index (χ1n) is 6.99. The van der Waals surface area contributed by atoms with Gasteiger partial charge in [-0.15, -0.1) is 0 Å². The quantitative estimate of drug-likeness (QED) is 0.891. The SMILES string of the molecule is O=C(O)CC[C@H]1CCCN(c2ncnc3[nH]ccc23)C1. The van der Waals surface area contributed by atoms with E-state index in [9.17, 15) is 4.79 Å². The summed E-state index contributed by atoms with van der Waals surface area (Å²) < 4.78 is 0. The summed E-state index contributed by atoms with van der Waals surface area (Å²) in [5, 5.41) is 9.84. The highest BCUT2D eigenvalue weighted by Gasteiger charge is 2.23. The summed E-state index contributed by atoms with van der Waals surface area (Å²) >= 11 is 0. The molecule has 0 radical (unpaired) electrons. The fourth-order valence-electron chi connectivity index (χ4n) is 2.93. The van der Waals surface area contributed by atoms with E-state index < -0.39 is 5.97 Å². The third-order valence-corrected chi connectivity index (χ3v) is 3.92. The van der Waals surface area contributed by atoms with Gasteiger partial charge in [-0.05, 0) is 31.2 Å². The highest BCUT2D eigenvalue weighted by molar-refractivity contribution is 5.87. The summed E-state index contributed by atoms with van der Waals surface area (Å²) in [4.78, 5) is 24.7. The van der Waals surface area contributed by atoms with Crippen molar-refractivity contribution in [2.24, 2.45) is 5.92 Å². The highest BCUT2D eigenvalue weighted by atomic mass is 16.4. The van der Waals surface area contributed by atoms with Crippen LogP contribution >= 0.6 is 0 Å². The van der Waals surface area contributed by atoms with E-state index in [1.807, 2.05) is 12.3 Å². The third kappa shape index (κ3) is 2.59. The number of aromatic nitrogens is 3. The second-order valence-electron chi connectivity index (χ2n) is 5.32. The molecule has 20 heavy (non-hydrogen) atoms. The Labute approximate surface area is 116 Å². The van der Waals surface area contributed by atoms with Crippen molar-refractivity contribution in [3.63, 3.8) is 0 Å². The number of anilines is 1.